The second-order valence-electron chi connectivity index (χ2n) is 9.27. The Morgan fingerprint density at radius 1 is 1.31 bits per heavy atom. The third-order valence-corrected chi connectivity index (χ3v) is 7.84. The van der Waals surface area contributed by atoms with Gasteiger partial charge in [-0.2, -0.15) is 8.42 Å². The van der Waals surface area contributed by atoms with Gasteiger partial charge in [-0.25, -0.2) is 4.98 Å². The van der Waals surface area contributed by atoms with E-state index in [1.807, 2.05) is 25.5 Å². The van der Waals surface area contributed by atoms with Gasteiger partial charge < -0.3 is 19.5 Å². The largest absolute Gasteiger partial charge is 0.493 e. The molecule has 2 N–H and O–H groups in total. The average Bonchev–Trinajstić information content (AvgIpc) is 3.27. The summed E-state index contributed by atoms with van der Waals surface area (Å²) < 4.78 is 42.0. The van der Waals surface area contributed by atoms with Crippen molar-refractivity contribution in [3.8, 4) is 5.75 Å². The third kappa shape index (κ3) is 5.25. The van der Waals surface area contributed by atoms with E-state index in [9.17, 15) is 22.6 Å². The molecule has 10 nitrogen and oxygen atoms in total. The van der Waals surface area contributed by atoms with Crippen LogP contribution in [0.1, 0.15) is 46.6 Å². The van der Waals surface area contributed by atoms with E-state index in [1.54, 1.807) is 18.3 Å². The summed E-state index contributed by atoms with van der Waals surface area (Å²) in [5.41, 5.74) is 2.41. The van der Waals surface area contributed by atoms with Crippen LogP contribution in [0.2, 0.25) is 0 Å². The Morgan fingerprint density at radius 3 is 2.71 bits per heavy atom. The molecule has 1 aromatic heterocycles. The van der Waals surface area contributed by atoms with E-state index in [0.29, 0.717) is 35.5 Å². The zero-order valence-electron chi connectivity index (χ0n) is 20.1. The van der Waals surface area contributed by atoms with Crippen LogP contribution in [0.3, 0.4) is 0 Å². The molecule has 2 aliphatic rings. The van der Waals surface area contributed by atoms with Crippen molar-refractivity contribution in [2.24, 2.45) is 7.05 Å². The Kier molecular flexibility index (Phi) is 6.74. The van der Waals surface area contributed by atoms with Crippen molar-refractivity contribution in [1.82, 2.24) is 14.5 Å². The summed E-state index contributed by atoms with van der Waals surface area (Å²) in [6.45, 7) is 8.10. The maximum Gasteiger partial charge on any atom is 0.270 e. The predicted octanol–water partition coefficient (Wildman–Crippen LogP) is 2.42. The number of rotatable bonds is 7. The van der Waals surface area contributed by atoms with Crippen LogP contribution in [0.4, 0.5) is 5.82 Å². The first kappa shape index (κ1) is 24.9. The molecule has 1 saturated heterocycles. The second-order valence-corrected chi connectivity index (χ2v) is 10.9. The number of carbonyl (C=O) groups is 2. The summed E-state index contributed by atoms with van der Waals surface area (Å²) in [4.78, 5) is 31.1. The standard InChI is InChI=1S/C24H30N4O6S/c1-14-8-19-21(35(31,32)33)11-17-10-20(15(2)9-18(17)24(30)28(19)12-14)34-7-5-6-23(29)26-22-13-27(4)16(3)25-22/h9-10,13,19,21H,1,5-8,11-12H2,2-4H3,(H,26,29)(H,31,32,33)/t19-,21?/m0/s1. The first-order valence-corrected chi connectivity index (χ1v) is 12.9. The Balaban J connectivity index is 1.44. The Bertz CT molecular complexity index is 1280. The molecule has 2 aromatic rings. The van der Waals surface area contributed by atoms with Crippen LogP contribution < -0.4 is 10.1 Å². The molecule has 0 saturated carbocycles. The van der Waals surface area contributed by atoms with E-state index in [-0.39, 0.29) is 37.8 Å². The number of fused-ring (bicyclic) bond motifs is 2. The molecule has 1 fully saturated rings. The van der Waals surface area contributed by atoms with Crippen LogP contribution in [0, 0.1) is 13.8 Å². The van der Waals surface area contributed by atoms with E-state index in [1.165, 1.54) is 4.90 Å². The Morgan fingerprint density at radius 2 is 2.06 bits per heavy atom. The number of nitrogens with one attached hydrogen (secondary N) is 1. The lowest BCUT2D eigenvalue weighted by molar-refractivity contribution is -0.116. The normalized spacial score (nSPS) is 19.8. The molecule has 2 atom stereocenters. The number of amides is 2. The van der Waals surface area contributed by atoms with Gasteiger partial charge >= 0.3 is 0 Å². The van der Waals surface area contributed by atoms with Crippen LogP contribution >= 0.6 is 0 Å². The number of hydrogen-bond donors (Lipinski definition) is 2. The van der Waals surface area contributed by atoms with Crippen LogP contribution in [0.15, 0.2) is 30.5 Å². The minimum atomic E-state index is -4.40. The molecule has 1 aromatic carbocycles. The molecule has 0 aliphatic carbocycles. The SMILES string of the molecule is C=C1C[C@H]2C(S(=O)(=O)O)Cc3cc(OCCCC(=O)Nc4cn(C)c(C)n4)c(C)cc3C(=O)N2C1. The van der Waals surface area contributed by atoms with Gasteiger partial charge in [0.2, 0.25) is 5.91 Å². The van der Waals surface area contributed by atoms with Gasteiger partial charge in [-0.1, -0.05) is 12.2 Å². The van der Waals surface area contributed by atoms with E-state index in [0.717, 1.165) is 17.0 Å². The summed E-state index contributed by atoms with van der Waals surface area (Å²) in [6, 6.07) is 2.73. The maximum atomic E-state index is 13.2. The highest BCUT2D eigenvalue weighted by Gasteiger charge is 2.45. The highest BCUT2D eigenvalue weighted by Crippen LogP contribution is 2.36. The molecule has 188 valence electrons. The van der Waals surface area contributed by atoms with E-state index in [4.69, 9.17) is 4.74 Å². The van der Waals surface area contributed by atoms with Gasteiger partial charge in [0.25, 0.3) is 16.0 Å². The monoisotopic (exact) mass is 502 g/mol. The fourth-order valence-electron chi connectivity index (χ4n) is 4.69. The molecular weight excluding hydrogens is 472 g/mol. The minimum absolute atomic E-state index is 0.00308. The van der Waals surface area contributed by atoms with E-state index in [2.05, 4.69) is 16.9 Å². The molecule has 4 rings (SSSR count). The molecule has 0 radical (unpaired) electrons. The number of carbonyl (C=O) groups excluding carboxylic acids is 2. The number of hydrogen-bond acceptors (Lipinski definition) is 6. The number of ether oxygens (including phenoxy) is 1. The third-order valence-electron chi connectivity index (χ3n) is 6.60. The summed E-state index contributed by atoms with van der Waals surface area (Å²) >= 11 is 0. The lowest BCUT2D eigenvalue weighted by Gasteiger charge is -2.26. The van der Waals surface area contributed by atoms with Gasteiger partial charge in [-0.05, 0) is 56.4 Å². The lowest BCUT2D eigenvalue weighted by atomic mass is 9.98. The molecule has 11 heteroatoms. The smallest absolute Gasteiger partial charge is 0.270 e. The fraction of sp³-hybridized carbons (Fsp3) is 0.458. The summed E-state index contributed by atoms with van der Waals surface area (Å²) in [5.74, 6) is 1.36. The Labute approximate surface area is 204 Å². The Hall–Kier alpha value is -3.18. The number of nitrogens with zero attached hydrogens (tertiary/aromatic N) is 3. The predicted molar refractivity (Wildman–Crippen MR) is 130 cm³/mol. The average molecular weight is 503 g/mol. The van der Waals surface area contributed by atoms with E-state index >= 15 is 0 Å². The summed E-state index contributed by atoms with van der Waals surface area (Å²) in [7, 11) is -2.55. The van der Waals surface area contributed by atoms with Gasteiger partial charge in [0.05, 0.1) is 12.6 Å². The number of benzene rings is 1. The van der Waals surface area contributed by atoms with Gasteiger partial charge in [-0.15, -0.1) is 0 Å². The number of aryl methyl sites for hydroxylation is 3. The summed E-state index contributed by atoms with van der Waals surface area (Å²) in [6.07, 6.45) is 2.77. The molecule has 2 aliphatic heterocycles. The molecule has 0 spiro atoms. The van der Waals surface area contributed by atoms with Crippen molar-refractivity contribution < 1.29 is 27.3 Å². The molecule has 0 bridgehead atoms. The van der Waals surface area contributed by atoms with Gasteiger partial charge in [0.15, 0.2) is 5.82 Å². The number of imidazole rings is 1. The van der Waals surface area contributed by atoms with Crippen molar-refractivity contribution in [3.05, 3.63) is 53.0 Å². The van der Waals surface area contributed by atoms with Crippen molar-refractivity contribution >= 4 is 27.8 Å². The molecule has 3 heterocycles. The first-order chi connectivity index (χ1) is 16.4. The van der Waals surface area contributed by atoms with Crippen molar-refractivity contribution in [3.63, 3.8) is 0 Å². The molecule has 1 unspecified atom stereocenters. The highest BCUT2D eigenvalue weighted by atomic mass is 32.2. The van der Waals surface area contributed by atoms with Crippen LogP contribution in [0.25, 0.3) is 0 Å². The fourth-order valence-corrected chi connectivity index (χ4v) is 5.72. The molecular formula is C24H30N4O6S. The molecule has 35 heavy (non-hydrogen) atoms. The van der Waals surface area contributed by atoms with E-state index < -0.39 is 21.4 Å². The van der Waals surface area contributed by atoms with Gasteiger partial charge in [-0.3, -0.25) is 14.1 Å². The van der Waals surface area contributed by atoms with Crippen molar-refractivity contribution in [2.45, 2.75) is 50.8 Å². The van der Waals surface area contributed by atoms with Gasteiger partial charge in [0, 0.05) is 31.8 Å². The van der Waals surface area contributed by atoms with Gasteiger partial charge in [0.1, 0.15) is 16.8 Å². The zero-order valence-corrected chi connectivity index (χ0v) is 20.9. The quantitative estimate of drug-likeness (QED) is 0.338. The zero-order chi connectivity index (χ0) is 25.5. The summed E-state index contributed by atoms with van der Waals surface area (Å²) in [5, 5.41) is 1.61. The van der Waals surface area contributed by atoms with Crippen molar-refractivity contribution in [1.29, 1.82) is 0 Å². The second kappa shape index (κ2) is 9.46. The number of aromatic nitrogens is 2. The number of anilines is 1. The highest BCUT2D eigenvalue weighted by molar-refractivity contribution is 7.86. The molecule has 2 amide bonds. The first-order valence-electron chi connectivity index (χ1n) is 11.4. The van der Waals surface area contributed by atoms with Crippen molar-refractivity contribution in [2.75, 3.05) is 18.5 Å². The maximum absolute atomic E-state index is 13.2. The lowest BCUT2D eigenvalue weighted by Crippen LogP contribution is -2.44. The van der Waals surface area contributed by atoms with Crippen LogP contribution in [-0.2, 0) is 28.4 Å². The van der Waals surface area contributed by atoms with Crippen LogP contribution in [-0.4, -0.2) is 63.7 Å². The van der Waals surface area contributed by atoms with Crippen LogP contribution in [0.5, 0.6) is 5.75 Å². The topological polar surface area (TPSA) is 131 Å². The minimum Gasteiger partial charge on any atom is -0.493 e.